The van der Waals surface area contributed by atoms with Gasteiger partial charge in [-0.3, -0.25) is 0 Å². The number of hydrogen-bond donors (Lipinski definition) is 0. The molecule has 1 fully saturated rings. The van der Waals surface area contributed by atoms with E-state index < -0.39 is 0 Å². The number of nitrogens with zero attached hydrogens (tertiary/aromatic N) is 3. The van der Waals surface area contributed by atoms with Crippen molar-refractivity contribution < 1.29 is 9.47 Å². The number of rotatable bonds is 5. The van der Waals surface area contributed by atoms with Gasteiger partial charge in [0.1, 0.15) is 11.8 Å². The zero-order valence-corrected chi connectivity index (χ0v) is 14.8. The molecule has 2 atom stereocenters. The molecule has 6 heteroatoms. The third kappa shape index (κ3) is 3.40. The molecule has 25 heavy (non-hydrogen) atoms. The summed E-state index contributed by atoms with van der Waals surface area (Å²) in [6, 6.07) is 10.2. The lowest BCUT2D eigenvalue weighted by atomic mass is 10.1. The van der Waals surface area contributed by atoms with Crippen molar-refractivity contribution >= 4 is 22.6 Å². The molecule has 4 rings (SSSR count). The lowest BCUT2D eigenvalue weighted by molar-refractivity contribution is -0.0201. The van der Waals surface area contributed by atoms with Gasteiger partial charge in [0.2, 0.25) is 0 Å². The van der Waals surface area contributed by atoms with Crippen molar-refractivity contribution in [2.45, 2.75) is 31.7 Å². The highest BCUT2D eigenvalue weighted by Crippen LogP contribution is 2.37. The smallest absolute Gasteiger partial charge is 0.156 e. The van der Waals surface area contributed by atoms with Crippen molar-refractivity contribution in [2.75, 3.05) is 6.61 Å². The zero-order valence-electron chi connectivity index (χ0n) is 14.1. The number of aromatic nitrogens is 3. The summed E-state index contributed by atoms with van der Waals surface area (Å²) in [5, 5.41) is 0.472. The number of hydrogen-bond acceptors (Lipinski definition) is 4. The maximum Gasteiger partial charge on any atom is 0.156 e. The van der Waals surface area contributed by atoms with Crippen LogP contribution in [0.3, 0.4) is 0 Å². The maximum atomic E-state index is 6.20. The fourth-order valence-corrected chi connectivity index (χ4v) is 3.66. The third-order valence-corrected chi connectivity index (χ3v) is 4.88. The van der Waals surface area contributed by atoms with Gasteiger partial charge in [0.25, 0.3) is 0 Å². The molecular formula is C19H20ClN3O2. The molecular weight excluding hydrogens is 338 g/mol. The Bertz CT molecular complexity index is 866. The molecule has 1 aliphatic heterocycles. The number of benzene rings is 1. The Hall–Kier alpha value is -1.95. The van der Waals surface area contributed by atoms with Crippen LogP contribution in [0.25, 0.3) is 11.0 Å². The number of ether oxygens (including phenoxy) is 2. The number of fused-ring (bicyclic) bond motifs is 1. The average molecular weight is 358 g/mol. The summed E-state index contributed by atoms with van der Waals surface area (Å²) in [6.45, 7) is 1.22. The number of aryl methyl sites for hydroxylation is 1. The van der Waals surface area contributed by atoms with Crippen LogP contribution in [-0.4, -0.2) is 27.2 Å². The Kier molecular flexibility index (Phi) is 4.70. The van der Waals surface area contributed by atoms with Gasteiger partial charge in [-0.1, -0.05) is 41.9 Å². The highest BCUT2D eigenvalue weighted by Gasteiger charge is 2.29. The van der Waals surface area contributed by atoms with Gasteiger partial charge in [0.05, 0.1) is 30.9 Å². The minimum atomic E-state index is 0.0278. The fourth-order valence-electron chi connectivity index (χ4n) is 3.39. The molecule has 3 aromatic rings. The summed E-state index contributed by atoms with van der Waals surface area (Å²) >= 11 is 6.20. The van der Waals surface area contributed by atoms with E-state index in [1.54, 1.807) is 0 Å². The van der Waals surface area contributed by atoms with E-state index in [4.69, 9.17) is 21.1 Å². The van der Waals surface area contributed by atoms with Crippen molar-refractivity contribution in [1.29, 1.82) is 0 Å². The van der Waals surface area contributed by atoms with E-state index in [-0.39, 0.29) is 12.2 Å². The largest absolute Gasteiger partial charge is 0.374 e. The number of halogens is 1. The normalized spacial score (nSPS) is 20.4. The van der Waals surface area contributed by atoms with Crippen LogP contribution >= 0.6 is 11.6 Å². The van der Waals surface area contributed by atoms with Crippen molar-refractivity contribution in [2.24, 2.45) is 7.05 Å². The van der Waals surface area contributed by atoms with E-state index >= 15 is 0 Å². The second-order valence-electron chi connectivity index (χ2n) is 6.38. The van der Waals surface area contributed by atoms with Gasteiger partial charge in [-0.25, -0.2) is 9.97 Å². The molecule has 2 unspecified atom stereocenters. The summed E-state index contributed by atoms with van der Waals surface area (Å²) in [5.74, 6) is 0. The van der Waals surface area contributed by atoms with E-state index in [9.17, 15) is 0 Å². The monoisotopic (exact) mass is 357 g/mol. The molecule has 130 valence electrons. The van der Waals surface area contributed by atoms with Gasteiger partial charge in [-0.2, -0.15) is 0 Å². The SMILES string of the molecule is Cn1cc(C2CCC(COCc3ccccc3)O2)c2ncnc(Cl)c21. The molecule has 0 N–H and O–H groups in total. The Morgan fingerprint density at radius 3 is 2.92 bits per heavy atom. The molecule has 1 saturated heterocycles. The van der Waals surface area contributed by atoms with Gasteiger partial charge >= 0.3 is 0 Å². The van der Waals surface area contributed by atoms with Crippen LogP contribution < -0.4 is 0 Å². The summed E-state index contributed by atoms with van der Waals surface area (Å²) in [4.78, 5) is 8.47. The highest BCUT2D eigenvalue weighted by molar-refractivity contribution is 6.33. The van der Waals surface area contributed by atoms with Gasteiger partial charge in [-0.15, -0.1) is 0 Å². The Labute approximate surface area is 151 Å². The molecule has 3 heterocycles. The van der Waals surface area contributed by atoms with E-state index in [0.717, 1.165) is 29.4 Å². The molecule has 0 radical (unpaired) electrons. The summed E-state index contributed by atoms with van der Waals surface area (Å²) in [7, 11) is 1.95. The molecule has 0 bridgehead atoms. The molecule has 0 saturated carbocycles. The van der Waals surface area contributed by atoms with Gasteiger partial charge in [0, 0.05) is 18.8 Å². The average Bonchev–Trinajstić information content (AvgIpc) is 3.21. The minimum Gasteiger partial charge on any atom is -0.374 e. The van der Waals surface area contributed by atoms with Crippen LogP contribution in [0.15, 0.2) is 42.9 Å². The van der Waals surface area contributed by atoms with Gasteiger partial charge in [-0.05, 0) is 18.4 Å². The quantitative estimate of drug-likeness (QED) is 0.646. The predicted molar refractivity (Wildman–Crippen MR) is 96.5 cm³/mol. The molecule has 0 spiro atoms. The van der Waals surface area contributed by atoms with Crippen molar-refractivity contribution in [1.82, 2.24) is 14.5 Å². The Morgan fingerprint density at radius 1 is 1.24 bits per heavy atom. The lowest BCUT2D eigenvalue weighted by Gasteiger charge is -2.13. The first-order valence-electron chi connectivity index (χ1n) is 8.45. The van der Waals surface area contributed by atoms with E-state index in [1.165, 1.54) is 11.9 Å². The molecule has 0 amide bonds. The first kappa shape index (κ1) is 16.5. The highest BCUT2D eigenvalue weighted by atomic mass is 35.5. The molecule has 1 aromatic carbocycles. The standard InChI is InChI=1S/C19H20ClN3O2/c1-23-9-15(17-18(23)19(20)22-12-21-17)16-8-7-14(25-16)11-24-10-13-5-3-2-4-6-13/h2-6,9,12,14,16H,7-8,10-11H2,1H3. The fraction of sp³-hybridized carbons (Fsp3) is 0.368. The van der Waals surface area contributed by atoms with Crippen molar-refractivity contribution in [3.8, 4) is 0 Å². The molecule has 0 aliphatic carbocycles. The van der Waals surface area contributed by atoms with Crippen LogP contribution in [0.5, 0.6) is 0 Å². The van der Waals surface area contributed by atoms with Crippen molar-refractivity contribution in [3.63, 3.8) is 0 Å². The Balaban J connectivity index is 1.40. The summed E-state index contributed by atoms with van der Waals surface area (Å²) in [6.07, 6.45) is 5.63. The van der Waals surface area contributed by atoms with Gasteiger partial charge < -0.3 is 14.0 Å². The van der Waals surface area contributed by atoms with Gasteiger partial charge in [0.15, 0.2) is 5.15 Å². The molecule has 5 nitrogen and oxygen atoms in total. The predicted octanol–water partition coefficient (Wildman–Crippen LogP) is 4.06. The zero-order chi connectivity index (χ0) is 17.2. The summed E-state index contributed by atoms with van der Waals surface area (Å²) < 4.78 is 14.0. The maximum absolute atomic E-state index is 6.20. The van der Waals surface area contributed by atoms with Crippen LogP contribution in [-0.2, 0) is 23.1 Å². The second kappa shape index (κ2) is 7.12. The minimum absolute atomic E-state index is 0.0278. The van der Waals surface area contributed by atoms with E-state index in [1.807, 2.05) is 36.0 Å². The lowest BCUT2D eigenvalue weighted by Crippen LogP contribution is -2.14. The first-order valence-corrected chi connectivity index (χ1v) is 8.82. The van der Waals surface area contributed by atoms with E-state index in [2.05, 4.69) is 22.1 Å². The molecule has 1 aliphatic rings. The summed E-state index contributed by atoms with van der Waals surface area (Å²) in [5.41, 5.74) is 3.98. The van der Waals surface area contributed by atoms with Crippen LogP contribution in [0.2, 0.25) is 5.15 Å². The van der Waals surface area contributed by atoms with E-state index in [0.29, 0.717) is 18.4 Å². The topological polar surface area (TPSA) is 49.2 Å². The van der Waals surface area contributed by atoms with Crippen LogP contribution in [0, 0.1) is 0 Å². The van der Waals surface area contributed by atoms with Crippen LogP contribution in [0.4, 0.5) is 0 Å². The van der Waals surface area contributed by atoms with Crippen molar-refractivity contribution in [3.05, 3.63) is 59.1 Å². The molecule has 2 aromatic heterocycles. The van der Waals surface area contributed by atoms with Crippen LogP contribution in [0.1, 0.15) is 30.1 Å². The second-order valence-corrected chi connectivity index (χ2v) is 6.74. The first-order chi connectivity index (χ1) is 12.2. The third-order valence-electron chi connectivity index (χ3n) is 4.61. The Morgan fingerprint density at radius 2 is 2.08 bits per heavy atom.